The molecule has 0 radical (unpaired) electrons. The van der Waals surface area contributed by atoms with Crippen molar-refractivity contribution < 1.29 is 5.11 Å². The Kier molecular flexibility index (Phi) is 2.33. The van der Waals surface area contributed by atoms with E-state index in [-0.39, 0.29) is 0 Å². The summed E-state index contributed by atoms with van der Waals surface area (Å²) < 4.78 is 0. The summed E-state index contributed by atoms with van der Waals surface area (Å²) in [5.74, 6) is 0. The second kappa shape index (κ2) is 2.98. The first-order valence-electron chi connectivity index (χ1n) is 4.31. The van der Waals surface area contributed by atoms with Crippen molar-refractivity contribution in [2.45, 2.75) is 44.2 Å². The predicted molar refractivity (Wildman–Crippen MR) is 47.8 cm³/mol. The van der Waals surface area contributed by atoms with E-state index < -0.39 is 11.1 Å². The van der Waals surface area contributed by atoms with Gasteiger partial charge in [-0.25, -0.2) is 0 Å². The van der Waals surface area contributed by atoms with Crippen molar-refractivity contribution in [1.82, 2.24) is 0 Å². The highest BCUT2D eigenvalue weighted by atomic mass is 16.3. The molecule has 0 spiro atoms. The van der Waals surface area contributed by atoms with E-state index in [1.807, 2.05) is 6.92 Å². The molecule has 0 aromatic heterocycles. The number of aliphatic hydroxyl groups is 1. The Labute approximate surface area is 72.5 Å². The van der Waals surface area contributed by atoms with Crippen LogP contribution in [0.1, 0.15) is 33.1 Å². The second-order valence-electron chi connectivity index (χ2n) is 3.74. The summed E-state index contributed by atoms with van der Waals surface area (Å²) in [4.78, 5) is 10.4. The second-order valence-corrected chi connectivity index (χ2v) is 3.74. The molecule has 0 saturated heterocycles. The molecule has 0 fully saturated rings. The van der Waals surface area contributed by atoms with Gasteiger partial charge < -0.3 is 5.11 Å². The number of rotatable bonds is 2. The molecule has 0 amide bonds. The molecule has 0 aromatic rings. The Hall–Kier alpha value is -0.700. The third kappa shape index (κ3) is 1.72. The van der Waals surface area contributed by atoms with Gasteiger partial charge in [-0.3, -0.25) is 0 Å². The van der Waals surface area contributed by atoms with Gasteiger partial charge >= 0.3 is 0 Å². The van der Waals surface area contributed by atoms with Gasteiger partial charge in [0, 0.05) is 0 Å². The van der Waals surface area contributed by atoms with E-state index in [0.29, 0.717) is 19.3 Å². The number of nitrogens with zero attached hydrogens (tertiary/aromatic N) is 1. The quantitative estimate of drug-likeness (QED) is 0.507. The van der Waals surface area contributed by atoms with E-state index >= 15 is 0 Å². The summed E-state index contributed by atoms with van der Waals surface area (Å²) in [6, 6.07) is 0. The average molecular weight is 169 g/mol. The maximum atomic E-state index is 10.4. The first-order valence-corrected chi connectivity index (χ1v) is 4.31. The molecular weight excluding hydrogens is 154 g/mol. The maximum absolute atomic E-state index is 10.4. The molecule has 0 bridgehead atoms. The third-order valence-corrected chi connectivity index (χ3v) is 2.64. The van der Waals surface area contributed by atoms with Gasteiger partial charge in [-0.15, -0.1) is 4.91 Å². The Morgan fingerprint density at radius 2 is 2.17 bits per heavy atom. The highest BCUT2D eigenvalue weighted by Crippen LogP contribution is 2.32. The Balaban J connectivity index is 2.77. The average Bonchev–Trinajstić information content (AvgIpc) is 2.11. The fraction of sp³-hybridized carbons (Fsp3) is 0.778. The fourth-order valence-electron chi connectivity index (χ4n) is 1.34. The lowest BCUT2D eigenvalue weighted by Gasteiger charge is -2.32. The lowest BCUT2D eigenvalue weighted by atomic mass is 9.80. The molecule has 2 atom stereocenters. The van der Waals surface area contributed by atoms with Gasteiger partial charge in [0.2, 0.25) is 0 Å². The van der Waals surface area contributed by atoms with E-state index in [1.165, 1.54) is 0 Å². The van der Waals surface area contributed by atoms with Crippen LogP contribution in [0.25, 0.3) is 0 Å². The summed E-state index contributed by atoms with van der Waals surface area (Å²) >= 11 is 0. The van der Waals surface area contributed by atoms with Crippen LogP contribution in [-0.4, -0.2) is 16.2 Å². The topological polar surface area (TPSA) is 49.7 Å². The molecule has 0 heterocycles. The van der Waals surface area contributed by atoms with Crippen molar-refractivity contribution in [3.8, 4) is 0 Å². The lowest BCUT2D eigenvalue weighted by molar-refractivity contribution is 0.0632. The van der Waals surface area contributed by atoms with Crippen LogP contribution >= 0.6 is 0 Å². The van der Waals surface area contributed by atoms with Crippen molar-refractivity contribution in [2.24, 2.45) is 5.18 Å². The molecule has 3 heteroatoms. The van der Waals surface area contributed by atoms with Crippen LogP contribution in [0.5, 0.6) is 0 Å². The first kappa shape index (κ1) is 9.39. The molecule has 2 unspecified atom stereocenters. The lowest BCUT2D eigenvalue weighted by Crippen LogP contribution is -2.34. The highest BCUT2D eigenvalue weighted by molar-refractivity contribution is 5.15. The largest absolute Gasteiger partial charge is 0.386 e. The summed E-state index contributed by atoms with van der Waals surface area (Å²) in [6.45, 7) is 3.72. The molecule has 0 aliphatic heterocycles. The minimum Gasteiger partial charge on any atom is -0.386 e. The maximum Gasteiger partial charge on any atom is 0.118 e. The molecular formula is C9H15NO2. The molecule has 68 valence electrons. The van der Waals surface area contributed by atoms with Crippen LogP contribution in [-0.2, 0) is 0 Å². The minimum absolute atomic E-state index is 0.596. The van der Waals surface area contributed by atoms with Crippen molar-refractivity contribution in [1.29, 1.82) is 0 Å². The van der Waals surface area contributed by atoms with Crippen molar-refractivity contribution in [3.05, 3.63) is 17.1 Å². The minimum atomic E-state index is -0.704. The molecule has 0 aromatic carbocycles. The van der Waals surface area contributed by atoms with Gasteiger partial charge in [0.1, 0.15) is 5.54 Å². The molecule has 3 nitrogen and oxygen atoms in total. The van der Waals surface area contributed by atoms with Crippen molar-refractivity contribution in [2.75, 3.05) is 0 Å². The molecule has 1 N–H and O–H groups in total. The zero-order valence-corrected chi connectivity index (χ0v) is 7.58. The molecule has 1 rings (SSSR count). The van der Waals surface area contributed by atoms with Gasteiger partial charge in [-0.1, -0.05) is 24.3 Å². The van der Waals surface area contributed by atoms with E-state index in [2.05, 4.69) is 5.18 Å². The van der Waals surface area contributed by atoms with Crippen molar-refractivity contribution >= 4 is 0 Å². The van der Waals surface area contributed by atoms with Gasteiger partial charge in [0.25, 0.3) is 0 Å². The van der Waals surface area contributed by atoms with Gasteiger partial charge in [-0.2, -0.15) is 0 Å². The standard InChI is InChI=1S/C9H15NO2/c1-3-9(11)6-4-8(2,10-12)5-7-9/h4,6,11H,3,5,7H2,1-2H3. The monoisotopic (exact) mass is 169 g/mol. The molecule has 1 aliphatic rings. The van der Waals surface area contributed by atoms with Gasteiger partial charge in [-0.05, 0) is 26.2 Å². The van der Waals surface area contributed by atoms with Crippen molar-refractivity contribution in [3.63, 3.8) is 0 Å². The van der Waals surface area contributed by atoms with Crippen LogP contribution in [0.3, 0.4) is 0 Å². The SMILES string of the molecule is CCC1(O)C=CC(C)(N=O)CC1. The van der Waals surface area contributed by atoms with Gasteiger partial charge in [0.05, 0.1) is 5.60 Å². The summed E-state index contributed by atoms with van der Waals surface area (Å²) in [7, 11) is 0. The number of hydrogen-bond acceptors (Lipinski definition) is 3. The first-order chi connectivity index (χ1) is 5.54. The number of nitroso groups, excluding NO2 is 1. The summed E-state index contributed by atoms with van der Waals surface area (Å²) in [5.41, 5.74) is -1.30. The Bertz CT molecular complexity index is 215. The Morgan fingerprint density at radius 1 is 1.50 bits per heavy atom. The normalized spacial score (nSPS) is 41.2. The predicted octanol–water partition coefficient (Wildman–Crippen LogP) is 2.00. The van der Waals surface area contributed by atoms with Crippen LogP contribution in [0.15, 0.2) is 17.3 Å². The smallest absolute Gasteiger partial charge is 0.118 e. The summed E-state index contributed by atoms with van der Waals surface area (Å²) in [5, 5.41) is 12.8. The Morgan fingerprint density at radius 3 is 2.50 bits per heavy atom. The summed E-state index contributed by atoms with van der Waals surface area (Å²) in [6.07, 6.45) is 5.38. The fourth-order valence-corrected chi connectivity index (χ4v) is 1.34. The molecule has 0 saturated carbocycles. The zero-order valence-electron chi connectivity index (χ0n) is 7.58. The van der Waals surface area contributed by atoms with Crippen LogP contribution < -0.4 is 0 Å². The highest BCUT2D eigenvalue weighted by Gasteiger charge is 2.33. The van der Waals surface area contributed by atoms with Crippen LogP contribution in [0.2, 0.25) is 0 Å². The number of hydrogen-bond donors (Lipinski definition) is 1. The van der Waals surface area contributed by atoms with E-state index in [9.17, 15) is 10.0 Å². The molecule has 12 heavy (non-hydrogen) atoms. The van der Waals surface area contributed by atoms with E-state index in [0.717, 1.165) is 0 Å². The van der Waals surface area contributed by atoms with E-state index in [4.69, 9.17) is 0 Å². The van der Waals surface area contributed by atoms with Crippen LogP contribution in [0.4, 0.5) is 0 Å². The van der Waals surface area contributed by atoms with Gasteiger partial charge in [0.15, 0.2) is 0 Å². The van der Waals surface area contributed by atoms with Crippen LogP contribution in [0, 0.1) is 4.91 Å². The van der Waals surface area contributed by atoms with E-state index in [1.54, 1.807) is 19.1 Å². The third-order valence-electron chi connectivity index (χ3n) is 2.64. The zero-order chi connectivity index (χ0) is 9.24. The molecule has 1 aliphatic carbocycles.